The highest BCUT2D eigenvalue weighted by Crippen LogP contribution is 2.44. The summed E-state index contributed by atoms with van der Waals surface area (Å²) in [5.41, 5.74) is 0.831. The predicted octanol–water partition coefficient (Wildman–Crippen LogP) is 5.11. The summed E-state index contributed by atoms with van der Waals surface area (Å²) in [6.07, 6.45) is 2.13. The lowest BCUT2D eigenvalue weighted by Gasteiger charge is -2.28. The number of phenolic OH excluding ortho intramolecular Hbond substituents is 1. The van der Waals surface area contributed by atoms with Gasteiger partial charge in [-0.05, 0) is 47.1 Å². The fourth-order valence-corrected chi connectivity index (χ4v) is 7.95. The average molecular weight is 467 g/mol. The Morgan fingerprint density at radius 2 is 1.32 bits per heavy atom. The van der Waals surface area contributed by atoms with E-state index in [0.29, 0.717) is 17.7 Å². The summed E-state index contributed by atoms with van der Waals surface area (Å²) < 4.78 is 5.43. The minimum absolute atomic E-state index is 0.0331. The Kier molecular flexibility index (Phi) is 7.15. The van der Waals surface area contributed by atoms with Gasteiger partial charge in [-0.2, -0.15) is 0 Å². The van der Waals surface area contributed by atoms with Gasteiger partial charge in [0.1, 0.15) is 11.5 Å². The zero-order chi connectivity index (χ0) is 24.0. The molecular weight excluding hydrogens is 439 g/mol. The van der Waals surface area contributed by atoms with E-state index in [1.165, 1.54) is 0 Å². The summed E-state index contributed by atoms with van der Waals surface area (Å²) in [7, 11) is 1.55. The molecule has 0 atom stereocenters. The van der Waals surface area contributed by atoms with Gasteiger partial charge < -0.3 is 9.84 Å². The van der Waals surface area contributed by atoms with Gasteiger partial charge >= 0.3 is 0 Å². The maximum absolute atomic E-state index is 14.0. The fraction of sp³-hybridized carbons (Fsp3) is 0.0667. The predicted molar refractivity (Wildman–Crippen MR) is 144 cm³/mol. The van der Waals surface area contributed by atoms with E-state index in [2.05, 4.69) is 43.0 Å². The molecule has 0 aromatic heterocycles. The Bertz CT molecular complexity index is 1240. The molecular formula is C30H27O3P. The molecule has 0 fully saturated rings. The monoisotopic (exact) mass is 466 g/mol. The van der Waals surface area contributed by atoms with E-state index in [1.54, 1.807) is 25.3 Å². The number of ketones is 1. The molecule has 4 aromatic carbocycles. The molecule has 0 amide bonds. The maximum atomic E-state index is 14.0. The molecule has 1 N–H and O–H groups in total. The third-order valence-electron chi connectivity index (χ3n) is 5.83. The van der Waals surface area contributed by atoms with Crippen molar-refractivity contribution in [3.05, 3.63) is 127 Å². The average Bonchev–Trinajstić information content (AvgIpc) is 2.90. The van der Waals surface area contributed by atoms with Gasteiger partial charge in [-0.25, -0.2) is 0 Å². The number of aromatic hydroxyl groups is 1. The van der Waals surface area contributed by atoms with Gasteiger partial charge in [0, 0.05) is 5.56 Å². The number of benzene rings is 4. The lowest BCUT2D eigenvalue weighted by atomic mass is 10.0. The van der Waals surface area contributed by atoms with Crippen LogP contribution in [0.25, 0.3) is 0 Å². The molecule has 4 rings (SSSR count). The minimum atomic E-state index is -2.50. The van der Waals surface area contributed by atoms with Crippen LogP contribution in [-0.2, 0) is 6.42 Å². The summed E-state index contributed by atoms with van der Waals surface area (Å²) in [6, 6.07) is 33.7. The zero-order valence-electron chi connectivity index (χ0n) is 19.1. The zero-order valence-corrected chi connectivity index (χ0v) is 20.0. The van der Waals surface area contributed by atoms with E-state index < -0.39 is 6.89 Å². The molecule has 0 radical (unpaired) electrons. The number of carbonyl (C=O) groups excluding carboxylic acids is 1. The van der Waals surface area contributed by atoms with Crippen molar-refractivity contribution in [3.63, 3.8) is 0 Å². The Morgan fingerprint density at radius 3 is 1.74 bits per heavy atom. The van der Waals surface area contributed by atoms with E-state index in [-0.39, 0.29) is 17.1 Å². The molecule has 34 heavy (non-hydrogen) atoms. The summed E-state index contributed by atoms with van der Waals surface area (Å²) in [5, 5.41) is 14.2. The molecule has 0 unspecified atom stereocenters. The van der Waals surface area contributed by atoms with Crippen molar-refractivity contribution in [2.75, 3.05) is 7.11 Å². The number of carbonyl (C=O) groups is 1. The Morgan fingerprint density at radius 1 is 0.853 bits per heavy atom. The molecule has 0 aliphatic rings. The van der Waals surface area contributed by atoms with Crippen LogP contribution in [0, 0.1) is 0 Å². The van der Waals surface area contributed by atoms with Crippen molar-refractivity contribution in [2.45, 2.75) is 6.42 Å². The number of hydrogen-bond acceptors (Lipinski definition) is 3. The van der Waals surface area contributed by atoms with E-state index in [9.17, 15) is 9.90 Å². The van der Waals surface area contributed by atoms with Crippen LogP contribution in [0.2, 0.25) is 0 Å². The van der Waals surface area contributed by atoms with Gasteiger partial charge in [0.2, 0.25) is 0 Å². The van der Waals surface area contributed by atoms with Crippen LogP contribution in [-0.4, -0.2) is 23.8 Å². The van der Waals surface area contributed by atoms with Crippen molar-refractivity contribution in [2.24, 2.45) is 0 Å². The number of rotatable bonds is 8. The number of methoxy groups -OCH3 is 1. The molecule has 4 aromatic rings. The van der Waals surface area contributed by atoms with Gasteiger partial charge in [-0.3, -0.25) is 4.79 Å². The number of ether oxygens (including phenoxy) is 1. The van der Waals surface area contributed by atoms with Crippen molar-refractivity contribution >= 4 is 34.4 Å². The first-order valence-electron chi connectivity index (χ1n) is 11.1. The van der Waals surface area contributed by atoms with E-state index >= 15 is 0 Å². The summed E-state index contributed by atoms with van der Waals surface area (Å²) in [4.78, 5) is 14.0. The lowest BCUT2D eigenvalue weighted by molar-refractivity contribution is 0.107. The van der Waals surface area contributed by atoms with E-state index in [0.717, 1.165) is 15.9 Å². The number of allylic oxidation sites excluding steroid dienone is 1. The number of hydrogen-bond donors (Lipinski definition) is 1. The van der Waals surface area contributed by atoms with Gasteiger partial charge in [-0.15, -0.1) is 6.58 Å². The Hall–Kier alpha value is -3.81. The molecule has 0 spiro atoms. The highest BCUT2D eigenvalue weighted by atomic mass is 31.2. The minimum Gasteiger partial charge on any atom is -0.507 e. The van der Waals surface area contributed by atoms with Crippen LogP contribution in [0.15, 0.2) is 116 Å². The van der Waals surface area contributed by atoms with Gasteiger partial charge in [0.05, 0.1) is 12.7 Å². The molecule has 0 aliphatic carbocycles. The highest BCUT2D eigenvalue weighted by molar-refractivity contribution is 7.95. The first-order valence-corrected chi connectivity index (χ1v) is 12.9. The first-order chi connectivity index (χ1) is 16.6. The molecule has 0 saturated heterocycles. The van der Waals surface area contributed by atoms with Gasteiger partial charge in [-0.1, -0.05) is 97.1 Å². The Balaban J connectivity index is 2.06. The topological polar surface area (TPSA) is 46.5 Å². The standard InChI is InChI=1S/C30H27O3P/c1-3-13-23-20-24(33-2)21-28(30(23)32)29(31)22-34(25-14-7-4-8-15-25,26-16-9-5-10-17-26)27-18-11-6-12-19-27/h3-12,14-22,32H,1,13H2,2H3. The van der Waals surface area contributed by atoms with E-state index in [4.69, 9.17) is 4.74 Å². The largest absolute Gasteiger partial charge is 0.507 e. The van der Waals surface area contributed by atoms with Crippen LogP contribution in [0.1, 0.15) is 15.9 Å². The lowest BCUT2D eigenvalue weighted by Crippen LogP contribution is -2.28. The molecule has 4 heteroatoms. The van der Waals surface area contributed by atoms with Crippen LogP contribution in [0.5, 0.6) is 11.5 Å². The normalized spacial score (nSPS) is 11.0. The summed E-state index contributed by atoms with van der Waals surface area (Å²) >= 11 is 0. The molecule has 0 bridgehead atoms. The van der Waals surface area contributed by atoms with E-state index in [1.807, 2.05) is 60.4 Å². The third-order valence-corrected chi connectivity index (χ3v) is 9.79. The third kappa shape index (κ3) is 4.48. The van der Waals surface area contributed by atoms with Gasteiger partial charge in [0.25, 0.3) is 0 Å². The molecule has 0 heterocycles. The highest BCUT2D eigenvalue weighted by Gasteiger charge is 2.27. The first kappa shape index (κ1) is 23.4. The number of phenols is 1. The molecule has 0 saturated carbocycles. The maximum Gasteiger partial charge on any atom is 0.190 e. The van der Waals surface area contributed by atoms with Crippen molar-refractivity contribution < 1.29 is 14.6 Å². The van der Waals surface area contributed by atoms with Crippen LogP contribution < -0.4 is 20.7 Å². The molecule has 170 valence electrons. The van der Waals surface area contributed by atoms with Crippen LogP contribution in [0.3, 0.4) is 0 Å². The van der Waals surface area contributed by atoms with Crippen molar-refractivity contribution in [1.29, 1.82) is 0 Å². The quantitative estimate of drug-likeness (QED) is 0.223. The smallest absolute Gasteiger partial charge is 0.190 e. The van der Waals surface area contributed by atoms with Crippen LogP contribution in [0.4, 0.5) is 0 Å². The second-order valence-corrected chi connectivity index (χ2v) is 11.2. The Labute approximate surface area is 201 Å². The van der Waals surface area contributed by atoms with Crippen molar-refractivity contribution in [3.8, 4) is 11.5 Å². The van der Waals surface area contributed by atoms with Crippen molar-refractivity contribution in [1.82, 2.24) is 0 Å². The fourth-order valence-electron chi connectivity index (χ4n) is 4.19. The molecule has 3 nitrogen and oxygen atoms in total. The summed E-state index contributed by atoms with van der Waals surface area (Å²) in [5.74, 6) is 2.06. The SMILES string of the molecule is C=CCc1cc(OC)cc(C(=O)C=P(c2ccccc2)(c2ccccc2)c2ccccc2)c1O. The second-order valence-electron chi connectivity index (χ2n) is 7.90. The van der Waals surface area contributed by atoms with Crippen LogP contribution >= 0.6 is 6.89 Å². The number of Topliss-reactive ketones (excluding diaryl/α,β-unsaturated/α-hetero) is 1. The molecule has 0 aliphatic heterocycles. The second kappa shape index (κ2) is 10.4. The van der Waals surface area contributed by atoms with Gasteiger partial charge in [0.15, 0.2) is 5.78 Å². The summed E-state index contributed by atoms with van der Waals surface area (Å²) in [6.45, 7) is 1.27.